The van der Waals surface area contributed by atoms with Crippen molar-refractivity contribution in [2.45, 2.75) is 59.0 Å². The van der Waals surface area contributed by atoms with Crippen LogP contribution in [0, 0.1) is 11.8 Å². The quantitative estimate of drug-likeness (QED) is 0.205. The molecule has 7 nitrogen and oxygen atoms in total. The molecule has 4 unspecified atom stereocenters. The number of carbonyl (C=O) groups is 1. The molecule has 2 aliphatic heterocycles. The molecule has 0 radical (unpaired) electrons. The number of carbonyl (C=O) groups excluding carboxylic acids is 1. The smallest absolute Gasteiger partial charge is 0.379 e. The molecule has 0 bridgehead atoms. The van der Waals surface area contributed by atoms with Crippen molar-refractivity contribution in [2.24, 2.45) is 16.8 Å². The molecule has 2 aliphatic rings. The van der Waals surface area contributed by atoms with E-state index in [9.17, 15) is 23.1 Å². The minimum Gasteiger partial charge on any atom is -0.379 e. The Morgan fingerprint density at radius 2 is 1.78 bits per heavy atom. The van der Waals surface area contributed by atoms with Gasteiger partial charge in [0.25, 0.3) is 5.91 Å². The molecule has 0 spiro atoms. The van der Waals surface area contributed by atoms with Gasteiger partial charge in [-0.1, -0.05) is 71.1 Å². The van der Waals surface area contributed by atoms with E-state index >= 15 is 0 Å². The average Bonchev–Trinajstić information content (AvgIpc) is 3.28. The zero-order valence-corrected chi connectivity index (χ0v) is 25.2. The predicted octanol–water partition coefficient (Wildman–Crippen LogP) is 5.03. The number of alkyl halides is 3. The summed E-state index contributed by atoms with van der Waals surface area (Å²) in [6.45, 7) is 13.7. The van der Waals surface area contributed by atoms with E-state index < -0.39 is 23.8 Å². The number of hydrogen-bond acceptors (Lipinski definition) is 5. The van der Waals surface area contributed by atoms with Crippen molar-refractivity contribution < 1.29 is 23.1 Å². The van der Waals surface area contributed by atoms with E-state index in [1.54, 1.807) is 7.05 Å². The van der Waals surface area contributed by atoms with Crippen molar-refractivity contribution in [3.05, 3.63) is 72.2 Å². The Kier molecular flexibility index (Phi) is 13.0. The molecule has 0 saturated carbocycles. The molecule has 0 aromatic heterocycles. The van der Waals surface area contributed by atoms with Crippen LogP contribution in [0.1, 0.15) is 40.5 Å². The van der Waals surface area contributed by atoms with Crippen molar-refractivity contribution in [3.8, 4) is 0 Å². The molecule has 1 amide bonds. The van der Waals surface area contributed by atoms with Gasteiger partial charge in [0.05, 0.1) is 11.3 Å². The van der Waals surface area contributed by atoms with Crippen LogP contribution in [-0.2, 0) is 4.79 Å². The van der Waals surface area contributed by atoms with Crippen LogP contribution in [0.15, 0.2) is 77.1 Å². The monoisotopic (exact) mass is 577 g/mol. The first-order chi connectivity index (χ1) is 19.4. The van der Waals surface area contributed by atoms with Crippen molar-refractivity contribution >= 4 is 11.7 Å². The second-order valence-electron chi connectivity index (χ2n) is 10.4. The molecule has 0 aromatic carbocycles. The summed E-state index contributed by atoms with van der Waals surface area (Å²) < 4.78 is 38.4. The highest BCUT2D eigenvalue weighted by atomic mass is 19.4. The summed E-state index contributed by atoms with van der Waals surface area (Å²) in [6.07, 6.45) is 8.22. The largest absolute Gasteiger partial charge is 0.416 e. The maximum atomic E-state index is 12.8. The molecule has 2 heterocycles. The Balaban J connectivity index is 1.96. The van der Waals surface area contributed by atoms with Crippen LogP contribution >= 0.6 is 0 Å². The van der Waals surface area contributed by atoms with Crippen LogP contribution in [0.5, 0.6) is 0 Å². The number of aliphatic hydroxyl groups is 1. The van der Waals surface area contributed by atoms with Gasteiger partial charge >= 0.3 is 6.18 Å². The summed E-state index contributed by atoms with van der Waals surface area (Å²) in [5.74, 6) is 0.965. The average molecular weight is 578 g/mol. The maximum absolute atomic E-state index is 12.8. The Labute approximate surface area is 243 Å². The topological polar surface area (TPSA) is 71.4 Å². The lowest BCUT2D eigenvalue weighted by Gasteiger charge is -2.36. The summed E-state index contributed by atoms with van der Waals surface area (Å²) >= 11 is 0. The van der Waals surface area contributed by atoms with Gasteiger partial charge < -0.3 is 25.1 Å². The van der Waals surface area contributed by atoms with Crippen LogP contribution in [0.4, 0.5) is 13.2 Å². The van der Waals surface area contributed by atoms with Crippen LogP contribution in [0.3, 0.4) is 0 Å². The first-order valence-electron chi connectivity index (χ1n) is 14.2. The number of rotatable bonds is 11. The van der Waals surface area contributed by atoms with E-state index in [-0.39, 0.29) is 12.1 Å². The number of amides is 1. The number of amidine groups is 1. The second kappa shape index (κ2) is 15.7. The first kappa shape index (κ1) is 33.9. The lowest BCUT2D eigenvalue weighted by atomic mass is 10.1. The molecular formula is C31H46F3N5O2. The number of nitrogens with one attached hydrogen (secondary N) is 1. The summed E-state index contributed by atoms with van der Waals surface area (Å²) in [5.41, 5.74) is 1.50. The SMILES string of the molecule is C=C/C(=C\C=C\C(O)C(=O)N1CCN(C(/C=C\C(C)C2NC(/C=C\C(C)CC)=C(CC)N2C)=NC)CC1)C(F)(F)F. The third-order valence-electron chi connectivity index (χ3n) is 7.59. The highest BCUT2D eigenvalue weighted by Crippen LogP contribution is 2.27. The van der Waals surface area contributed by atoms with Gasteiger partial charge in [0, 0.05) is 51.9 Å². The molecule has 4 atom stereocenters. The minimum atomic E-state index is -4.55. The zero-order valence-electron chi connectivity index (χ0n) is 25.2. The lowest BCUT2D eigenvalue weighted by Crippen LogP contribution is -2.52. The number of hydrogen-bond donors (Lipinski definition) is 2. The van der Waals surface area contributed by atoms with E-state index in [0.717, 1.165) is 36.9 Å². The maximum Gasteiger partial charge on any atom is 0.416 e. The zero-order chi connectivity index (χ0) is 30.7. The second-order valence-corrected chi connectivity index (χ2v) is 10.4. The molecule has 10 heteroatoms. The number of allylic oxidation sites excluding steroid dienone is 7. The van der Waals surface area contributed by atoms with Crippen molar-refractivity contribution in [1.82, 2.24) is 20.0 Å². The van der Waals surface area contributed by atoms with E-state index in [1.807, 2.05) is 6.08 Å². The van der Waals surface area contributed by atoms with Gasteiger partial charge in [-0.2, -0.15) is 13.2 Å². The van der Waals surface area contributed by atoms with E-state index in [0.29, 0.717) is 38.2 Å². The van der Waals surface area contributed by atoms with Crippen molar-refractivity contribution in [3.63, 3.8) is 0 Å². The number of nitrogens with zero attached hydrogens (tertiary/aromatic N) is 4. The third-order valence-corrected chi connectivity index (χ3v) is 7.59. The van der Waals surface area contributed by atoms with Gasteiger partial charge in [0.15, 0.2) is 6.10 Å². The van der Waals surface area contributed by atoms with Gasteiger partial charge in [-0.25, -0.2) is 0 Å². The van der Waals surface area contributed by atoms with Gasteiger partial charge in [-0.15, -0.1) is 0 Å². The molecule has 2 rings (SSSR count). The van der Waals surface area contributed by atoms with E-state index in [4.69, 9.17) is 0 Å². The van der Waals surface area contributed by atoms with E-state index in [1.165, 1.54) is 16.3 Å². The summed E-state index contributed by atoms with van der Waals surface area (Å²) in [7, 11) is 3.85. The number of halogens is 3. The molecule has 1 saturated heterocycles. The van der Waals surface area contributed by atoms with Crippen LogP contribution in [-0.4, -0.2) is 90.3 Å². The van der Waals surface area contributed by atoms with Gasteiger partial charge in [0.1, 0.15) is 12.0 Å². The molecule has 1 fully saturated rings. The molecule has 0 aromatic rings. The van der Waals surface area contributed by atoms with Crippen LogP contribution in [0.25, 0.3) is 0 Å². The van der Waals surface area contributed by atoms with Crippen LogP contribution in [0.2, 0.25) is 0 Å². The summed E-state index contributed by atoms with van der Waals surface area (Å²) in [5, 5.41) is 13.9. The third kappa shape index (κ3) is 9.38. The molecule has 228 valence electrons. The van der Waals surface area contributed by atoms with Gasteiger partial charge in [0.2, 0.25) is 0 Å². The van der Waals surface area contributed by atoms with E-state index in [2.05, 4.69) is 79.7 Å². The lowest BCUT2D eigenvalue weighted by molar-refractivity contribution is -0.139. The fourth-order valence-electron chi connectivity index (χ4n) is 4.79. The first-order valence-corrected chi connectivity index (χ1v) is 14.2. The van der Waals surface area contributed by atoms with Crippen molar-refractivity contribution in [1.29, 1.82) is 0 Å². The highest BCUT2D eigenvalue weighted by Gasteiger charge is 2.31. The summed E-state index contributed by atoms with van der Waals surface area (Å²) in [6, 6.07) is 0. The van der Waals surface area contributed by atoms with Gasteiger partial charge in [-0.05, 0) is 30.6 Å². The molecule has 0 aliphatic carbocycles. The molecule has 41 heavy (non-hydrogen) atoms. The Morgan fingerprint density at radius 1 is 1.15 bits per heavy atom. The normalized spacial score (nSPS) is 21.8. The number of aliphatic imine (C=N–C) groups is 1. The Bertz CT molecular complexity index is 1080. The Morgan fingerprint density at radius 3 is 2.32 bits per heavy atom. The fraction of sp³-hybridized carbons (Fsp3) is 0.548. The van der Waals surface area contributed by atoms with Crippen molar-refractivity contribution in [2.75, 3.05) is 40.3 Å². The van der Waals surface area contributed by atoms with Crippen LogP contribution < -0.4 is 5.32 Å². The number of aliphatic hydroxyl groups excluding tert-OH is 1. The Hall–Kier alpha value is -3.27. The molecular weight excluding hydrogens is 531 g/mol. The summed E-state index contributed by atoms with van der Waals surface area (Å²) in [4.78, 5) is 23.0. The standard InChI is InChI=1S/C31H46F3N5O2/c1-8-22(4)14-16-25-26(10-3)37(7)29(36-25)23(5)15-17-28(35-6)38-18-20-39(21-19-38)30(41)27(40)13-11-12-24(9-2)31(32,33)34/h9,11-17,22-23,27,29,36,40H,2,8,10,18-21H2,1,3-7H3/b13-11+,16-14-,17-15-,24-12+,35-28?. The minimum absolute atomic E-state index is 0.119. The fourth-order valence-corrected chi connectivity index (χ4v) is 4.79. The molecule has 2 N–H and O–H groups in total. The van der Waals surface area contributed by atoms with Gasteiger partial charge in [-0.3, -0.25) is 9.79 Å². The predicted molar refractivity (Wildman–Crippen MR) is 160 cm³/mol. The highest BCUT2D eigenvalue weighted by molar-refractivity contribution is 5.93. The number of piperazine rings is 1.